The van der Waals surface area contributed by atoms with Gasteiger partial charge in [-0.15, -0.1) is 0 Å². The molecule has 0 spiro atoms. The highest BCUT2D eigenvalue weighted by molar-refractivity contribution is 7.87. The van der Waals surface area contributed by atoms with E-state index in [1.165, 1.54) is 4.31 Å². The highest BCUT2D eigenvalue weighted by atomic mass is 32.2. The number of aromatic nitrogens is 1. The fraction of sp³-hybridized carbons (Fsp3) is 0.643. The van der Waals surface area contributed by atoms with E-state index in [2.05, 4.69) is 28.9 Å². The standard InChI is InChI=1S/C14H26N4O2S/c1-13(2)16-9-5-11-18(3)21(19,20)17-10-7-14-6-4-8-15-12-14/h4,6,8,12-13,16-17H,5,7,9-11H2,1-3H3. The summed E-state index contributed by atoms with van der Waals surface area (Å²) in [4.78, 5) is 4.00. The summed E-state index contributed by atoms with van der Waals surface area (Å²) >= 11 is 0. The van der Waals surface area contributed by atoms with Crippen LogP contribution in [0.15, 0.2) is 24.5 Å². The Bertz CT molecular complexity index is 491. The monoisotopic (exact) mass is 314 g/mol. The lowest BCUT2D eigenvalue weighted by Gasteiger charge is -2.18. The van der Waals surface area contributed by atoms with Crippen molar-refractivity contribution in [3.05, 3.63) is 30.1 Å². The third kappa shape index (κ3) is 7.52. The highest BCUT2D eigenvalue weighted by Crippen LogP contribution is 1.99. The van der Waals surface area contributed by atoms with Gasteiger partial charge in [-0.05, 0) is 31.0 Å². The van der Waals surface area contributed by atoms with E-state index in [0.717, 1.165) is 18.5 Å². The van der Waals surface area contributed by atoms with E-state index in [4.69, 9.17) is 0 Å². The van der Waals surface area contributed by atoms with E-state index in [-0.39, 0.29) is 0 Å². The summed E-state index contributed by atoms with van der Waals surface area (Å²) in [6, 6.07) is 4.20. The second kappa shape index (κ2) is 9.09. The molecule has 0 atom stereocenters. The maximum atomic E-state index is 12.0. The predicted octanol–water partition coefficient (Wildman–Crippen LogP) is 0.778. The third-order valence-electron chi connectivity index (χ3n) is 3.03. The van der Waals surface area contributed by atoms with E-state index >= 15 is 0 Å². The molecule has 0 amide bonds. The molecular formula is C14H26N4O2S. The summed E-state index contributed by atoms with van der Waals surface area (Å²) in [6.45, 7) is 5.83. The SMILES string of the molecule is CC(C)NCCCN(C)S(=O)(=O)NCCc1cccnc1. The summed E-state index contributed by atoms with van der Waals surface area (Å²) in [5, 5.41) is 3.27. The van der Waals surface area contributed by atoms with Crippen LogP contribution in [0.1, 0.15) is 25.8 Å². The zero-order valence-corrected chi connectivity index (χ0v) is 13.9. The quantitative estimate of drug-likeness (QED) is 0.626. The van der Waals surface area contributed by atoms with Crippen molar-refractivity contribution in [1.29, 1.82) is 0 Å². The van der Waals surface area contributed by atoms with Crippen LogP contribution in [0.4, 0.5) is 0 Å². The van der Waals surface area contributed by atoms with Gasteiger partial charge in [0.1, 0.15) is 0 Å². The van der Waals surface area contributed by atoms with Gasteiger partial charge in [0, 0.05) is 38.6 Å². The lowest BCUT2D eigenvalue weighted by Crippen LogP contribution is -2.40. The minimum atomic E-state index is -3.40. The average Bonchev–Trinajstić information content (AvgIpc) is 2.44. The maximum Gasteiger partial charge on any atom is 0.279 e. The molecule has 0 unspecified atom stereocenters. The van der Waals surface area contributed by atoms with Crippen molar-refractivity contribution in [1.82, 2.24) is 19.3 Å². The van der Waals surface area contributed by atoms with Gasteiger partial charge in [0.15, 0.2) is 0 Å². The molecule has 0 bridgehead atoms. The normalized spacial score (nSPS) is 12.2. The zero-order valence-electron chi connectivity index (χ0n) is 13.0. The summed E-state index contributed by atoms with van der Waals surface area (Å²) in [6.07, 6.45) is 4.87. The molecule has 0 saturated heterocycles. The van der Waals surface area contributed by atoms with Crippen LogP contribution in [0.2, 0.25) is 0 Å². The predicted molar refractivity (Wildman–Crippen MR) is 85.2 cm³/mol. The van der Waals surface area contributed by atoms with Crippen LogP contribution in [0.3, 0.4) is 0 Å². The molecular weight excluding hydrogens is 288 g/mol. The van der Waals surface area contributed by atoms with Crippen molar-refractivity contribution in [2.75, 3.05) is 26.7 Å². The molecule has 0 aliphatic heterocycles. The first-order chi connectivity index (χ1) is 9.92. The van der Waals surface area contributed by atoms with Crippen molar-refractivity contribution in [2.24, 2.45) is 0 Å². The van der Waals surface area contributed by atoms with Crippen molar-refractivity contribution in [3.8, 4) is 0 Å². The minimum Gasteiger partial charge on any atom is -0.314 e. The fourth-order valence-corrected chi connectivity index (χ4v) is 2.74. The van der Waals surface area contributed by atoms with E-state index in [0.29, 0.717) is 25.6 Å². The van der Waals surface area contributed by atoms with Crippen LogP contribution < -0.4 is 10.0 Å². The Balaban J connectivity index is 2.28. The number of nitrogens with one attached hydrogen (secondary N) is 2. The second-order valence-corrected chi connectivity index (χ2v) is 7.16. The van der Waals surface area contributed by atoms with Crippen LogP contribution in [0.25, 0.3) is 0 Å². The van der Waals surface area contributed by atoms with E-state index in [1.54, 1.807) is 19.4 Å². The van der Waals surface area contributed by atoms with Gasteiger partial charge in [-0.25, -0.2) is 4.72 Å². The summed E-state index contributed by atoms with van der Waals surface area (Å²) in [7, 11) is -1.80. The number of hydrogen-bond acceptors (Lipinski definition) is 4. The average molecular weight is 314 g/mol. The molecule has 1 heterocycles. The molecule has 0 aromatic carbocycles. The lowest BCUT2D eigenvalue weighted by atomic mass is 10.2. The summed E-state index contributed by atoms with van der Waals surface area (Å²) in [5.41, 5.74) is 1.02. The van der Waals surface area contributed by atoms with E-state index in [9.17, 15) is 8.42 Å². The van der Waals surface area contributed by atoms with Gasteiger partial charge in [0.2, 0.25) is 0 Å². The van der Waals surface area contributed by atoms with E-state index < -0.39 is 10.2 Å². The molecule has 0 saturated carbocycles. The van der Waals surface area contributed by atoms with Crippen molar-refractivity contribution in [3.63, 3.8) is 0 Å². The molecule has 7 heteroatoms. The molecule has 21 heavy (non-hydrogen) atoms. The fourth-order valence-electron chi connectivity index (χ4n) is 1.79. The number of pyridine rings is 1. The Morgan fingerprint density at radius 3 is 2.71 bits per heavy atom. The maximum absolute atomic E-state index is 12.0. The van der Waals surface area contributed by atoms with Crippen molar-refractivity contribution >= 4 is 10.2 Å². The van der Waals surface area contributed by atoms with Crippen LogP contribution in [0.5, 0.6) is 0 Å². The van der Waals surface area contributed by atoms with Crippen molar-refractivity contribution < 1.29 is 8.42 Å². The van der Waals surface area contributed by atoms with Crippen LogP contribution in [-0.2, 0) is 16.6 Å². The largest absolute Gasteiger partial charge is 0.314 e. The van der Waals surface area contributed by atoms with Gasteiger partial charge >= 0.3 is 0 Å². The Hall–Kier alpha value is -1.02. The topological polar surface area (TPSA) is 74.3 Å². The zero-order chi connectivity index (χ0) is 15.7. The summed E-state index contributed by atoms with van der Waals surface area (Å²) < 4.78 is 28.0. The summed E-state index contributed by atoms with van der Waals surface area (Å²) in [5.74, 6) is 0. The molecule has 120 valence electrons. The van der Waals surface area contributed by atoms with Gasteiger partial charge in [0.25, 0.3) is 10.2 Å². The van der Waals surface area contributed by atoms with E-state index in [1.807, 2.05) is 12.1 Å². The Kier molecular flexibility index (Phi) is 7.81. The smallest absolute Gasteiger partial charge is 0.279 e. The van der Waals surface area contributed by atoms with Crippen molar-refractivity contribution in [2.45, 2.75) is 32.7 Å². The Morgan fingerprint density at radius 1 is 1.33 bits per heavy atom. The number of nitrogens with zero attached hydrogens (tertiary/aromatic N) is 2. The first kappa shape index (κ1) is 18.0. The molecule has 1 rings (SSSR count). The minimum absolute atomic E-state index is 0.378. The third-order valence-corrected chi connectivity index (χ3v) is 4.61. The molecule has 0 radical (unpaired) electrons. The van der Waals surface area contributed by atoms with Gasteiger partial charge in [0.05, 0.1) is 0 Å². The molecule has 6 nitrogen and oxygen atoms in total. The van der Waals surface area contributed by atoms with Gasteiger partial charge in [-0.3, -0.25) is 4.98 Å². The van der Waals surface area contributed by atoms with Crippen LogP contribution in [0, 0.1) is 0 Å². The molecule has 1 aromatic rings. The van der Waals surface area contributed by atoms with Crippen LogP contribution >= 0.6 is 0 Å². The molecule has 0 aliphatic rings. The Morgan fingerprint density at radius 2 is 2.10 bits per heavy atom. The van der Waals surface area contributed by atoms with Crippen LogP contribution in [-0.4, -0.2) is 50.4 Å². The second-order valence-electron chi connectivity index (χ2n) is 5.29. The molecule has 1 aromatic heterocycles. The Labute approximate surface area is 128 Å². The molecule has 0 aliphatic carbocycles. The first-order valence-electron chi connectivity index (χ1n) is 7.25. The number of hydrogen-bond donors (Lipinski definition) is 2. The van der Waals surface area contributed by atoms with Gasteiger partial charge < -0.3 is 5.32 Å². The number of rotatable bonds is 10. The first-order valence-corrected chi connectivity index (χ1v) is 8.69. The molecule has 0 fully saturated rings. The van der Waals surface area contributed by atoms with Gasteiger partial charge in [-0.1, -0.05) is 19.9 Å². The highest BCUT2D eigenvalue weighted by Gasteiger charge is 2.16. The molecule has 2 N–H and O–H groups in total. The lowest BCUT2D eigenvalue weighted by molar-refractivity contribution is 0.439. The van der Waals surface area contributed by atoms with Gasteiger partial charge in [-0.2, -0.15) is 12.7 Å².